The molecular weight excluding hydrogens is 491 g/mol. The topological polar surface area (TPSA) is 0 Å². The van der Waals surface area contributed by atoms with E-state index in [4.69, 9.17) is 11.6 Å². The monoisotopic (exact) mass is 522 g/mol. The number of benzene rings is 2. The van der Waals surface area contributed by atoms with Gasteiger partial charge in [0.1, 0.15) is 0 Å². The van der Waals surface area contributed by atoms with E-state index in [1.54, 1.807) is 23.3 Å². The molecule has 0 amide bonds. The van der Waals surface area contributed by atoms with Gasteiger partial charge in [0.15, 0.2) is 0 Å². The minimum absolute atomic E-state index is 0.210. The third-order valence-electron chi connectivity index (χ3n) is 5.64. The minimum atomic E-state index is 0.210. The quantitative estimate of drug-likeness (QED) is 0.232. The van der Waals surface area contributed by atoms with Gasteiger partial charge in [-0.2, -0.15) is 11.1 Å². The number of allylic oxidation sites excluding steroid dienone is 4. The molecule has 0 aliphatic heterocycles. The van der Waals surface area contributed by atoms with Crippen molar-refractivity contribution in [1.82, 2.24) is 0 Å². The summed E-state index contributed by atoms with van der Waals surface area (Å²) < 4.78 is 0. The Morgan fingerprint density at radius 1 is 1.03 bits per heavy atom. The van der Waals surface area contributed by atoms with E-state index in [1.165, 1.54) is 38.8 Å². The van der Waals surface area contributed by atoms with E-state index in [2.05, 4.69) is 90.2 Å². The van der Waals surface area contributed by atoms with Gasteiger partial charge in [-0.25, -0.2) is 5.57 Å². The molecule has 4 rings (SSSR count). The molecule has 0 fully saturated rings. The first kappa shape index (κ1) is 26.2. The van der Waals surface area contributed by atoms with Gasteiger partial charge in [-0.3, -0.25) is 6.08 Å². The Hall–Kier alpha value is -1.08. The molecule has 1 unspecified atom stereocenters. The van der Waals surface area contributed by atoms with Crippen LogP contribution in [0.25, 0.3) is 21.9 Å². The van der Waals surface area contributed by atoms with E-state index >= 15 is 0 Å². The average Bonchev–Trinajstić information content (AvgIpc) is 3.22. The molecule has 1 atom stereocenters. The van der Waals surface area contributed by atoms with Crippen molar-refractivity contribution in [3.8, 4) is 11.1 Å². The molecule has 1 aliphatic carbocycles. The molecule has 0 saturated heterocycles. The summed E-state index contributed by atoms with van der Waals surface area (Å²) in [6.45, 7) is 15.5. The van der Waals surface area contributed by atoms with Crippen molar-refractivity contribution in [2.24, 2.45) is 5.92 Å². The number of hydrogen-bond donors (Lipinski definition) is 0. The van der Waals surface area contributed by atoms with E-state index in [0.29, 0.717) is 5.92 Å². The molecule has 3 heteroatoms. The van der Waals surface area contributed by atoms with Crippen LogP contribution in [0, 0.1) is 12.0 Å². The fourth-order valence-corrected chi connectivity index (χ4v) is 3.94. The van der Waals surface area contributed by atoms with Gasteiger partial charge in [-0.15, -0.1) is 52.6 Å². The van der Waals surface area contributed by atoms with Crippen molar-refractivity contribution in [2.75, 3.05) is 0 Å². The van der Waals surface area contributed by atoms with Gasteiger partial charge in [0, 0.05) is 0 Å². The molecule has 1 aliphatic rings. The second-order valence-electron chi connectivity index (χ2n) is 8.26. The summed E-state index contributed by atoms with van der Waals surface area (Å²) in [5.41, 5.74) is 8.42. The zero-order valence-corrected chi connectivity index (χ0v) is 24.1. The van der Waals surface area contributed by atoms with Crippen LogP contribution in [-0.4, -0.2) is 5.43 Å². The van der Waals surface area contributed by atoms with E-state index in [-0.39, 0.29) is 5.43 Å². The van der Waals surface area contributed by atoms with Crippen LogP contribution in [0.4, 0.5) is 0 Å². The molecular formula is C28H33ClSiZr. The number of fused-ring (bicyclic) bond motifs is 1. The van der Waals surface area contributed by atoms with Crippen LogP contribution in [0.3, 0.4) is 0 Å². The molecule has 160 valence electrons. The summed E-state index contributed by atoms with van der Waals surface area (Å²) >= 11 is 8.03. The first-order chi connectivity index (χ1) is 14.7. The molecule has 0 aromatic heterocycles. The van der Waals surface area contributed by atoms with E-state index in [0.717, 1.165) is 16.8 Å². The Morgan fingerprint density at radius 2 is 1.65 bits per heavy atom. The second kappa shape index (κ2) is 12.2. The second-order valence-corrected chi connectivity index (χ2v) is 18.0. The standard InChI is InChI=1S/C17H14Cl.C9H13.C2H6Si.Zr/c1-2-12-11-15-14(9-6-10-16(15)18)17(12)13-7-4-3-5-8-13;1-6-5-7(2)9(4)8(6)3;1-3-2;/h3-11H,2H2,1H3;6H,1-4H3;1-2H3;/q2*-1;;+2. The number of aryl methyl sites for hydroxylation is 1. The van der Waals surface area contributed by atoms with Crippen molar-refractivity contribution in [3.63, 3.8) is 0 Å². The van der Waals surface area contributed by atoms with Crippen LogP contribution in [-0.2, 0) is 29.8 Å². The average molecular weight is 524 g/mol. The van der Waals surface area contributed by atoms with Crippen molar-refractivity contribution >= 4 is 27.8 Å². The van der Waals surface area contributed by atoms with Crippen LogP contribution < -0.4 is 0 Å². The first-order valence-electron chi connectivity index (χ1n) is 10.9. The molecule has 0 N–H and O–H groups in total. The summed E-state index contributed by atoms with van der Waals surface area (Å²) in [5.74, 6) is 0.560. The van der Waals surface area contributed by atoms with Crippen molar-refractivity contribution < 1.29 is 23.3 Å². The third kappa shape index (κ3) is 6.95. The van der Waals surface area contributed by atoms with Crippen LogP contribution in [0.5, 0.6) is 0 Å². The molecule has 0 heterocycles. The Bertz CT molecular complexity index is 1100. The number of halogens is 1. The van der Waals surface area contributed by atoms with E-state index < -0.39 is 0 Å². The predicted molar refractivity (Wildman–Crippen MR) is 137 cm³/mol. The van der Waals surface area contributed by atoms with Crippen LogP contribution in [0.1, 0.15) is 40.2 Å². The fraction of sp³-hybridized carbons (Fsp3) is 0.321. The summed E-state index contributed by atoms with van der Waals surface area (Å²) in [5, 5.41) is 3.25. The maximum atomic E-state index is 6.29. The van der Waals surface area contributed by atoms with E-state index in [9.17, 15) is 0 Å². The molecule has 0 nitrogen and oxygen atoms in total. The predicted octanol–water partition coefficient (Wildman–Crippen LogP) is 8.95. The normalized spacial score (nSPS) is 15.2. The number of hydrogen-bond acceptors (Lipinski definition) is 0. The van der Waals surface area contributed by atoms with Crippen LogP contribution in [0.15, 0.2) is 71.3 Å². The van der Waals surface area contributed by atoms with E-state index in [1.807, 2.05) is 18.2 Å². The van der Waals surface area contributed by atoms with Gasteiger partial charge in [0.2, 0.25) is 0 Å². The Morgan fingerprint density at radius 3 is 2.10 bits per heavy atom. The SMILES string of the molecule is CC1=[C-]C(C)C(C)=C1C.CCc1[cH-]c2c(Cl)cccc2c1-c1ccccc1.C[Si](C)=[Zr+2]. The first-order valence-corrected chi connectivity index (χ1v) is 17.5. The van der Waals surface area contributed by atoms with Gasteiger partial charge in [0.05, 0.1) is 0 Å². The molecule has 3 aromatic rings. The zero-order valence-electron chi connectivity index (χ0n) is 19.9. The third-order valence-corrected chi connectivity index (χ3v) is 5.97. The van der Waals surface area contributed by atoms with Gasteiger partial charge in [-0.05, 0) is 11.4 Å². The van der Waals surface area contributed by atoms with Crippen LogP contribution >= 0.6 is 11.6 Å². The summed E-state index contributed by atoms with van der Waals surface area (Å²) in [7, 11) is 0. The van der Waals surface area contributed by atoms with Gasteiger partial charge in [-0.1, -0.05) is 81.6 Å². The van der Waals surface area contributed by atoms with Gasteiger partial charge >= 0.3 is 41.9 Å². The summed E-state index contributed by atoms with van der Waals surface area (Å²) in [4.78, 5) is 0. The van der Waals surface area contributed by atoms with Gasteiger partial charge in [0.25, 0.3) is 0 Å². The Labute approximate surface area is 209 Å². The zero-order chi connectivity index (χ0) is 23.1. The molecule has 0 radical (unpaired) electrons. The molecule has 0 spiro atoms. The molecule has 0 saturated carbocycles. The Kier molecular flexibility index (Phi) is 10.3. The summed E-state index contributed by atoms with van der Waals surface area (Å²) in [6.07, 6.45) is 4.38. The van der Waals surface area contributed by atoms with Crippen molar-refractivity contribution in [2.45, 2.75) is 54.1 Å². The van der Waals surface area contributed by atoms with Gasteiger partial charge < -0.3 is 0 Å². The van der Waals surface area contributed by atoms with Crippen molar-refractivity contribution in [1.29, 1.82) is 0 Å². The number of rotatable bonds is 2. The molecule has 3 aromatic carbocycles. The molecule has 0 bridgehead atoms. The fourth-order valence-electron chi connectivity index (χ4n) is 3.71. The van der Waals surface area contributed by atoms with Crippen LogP contribution in [0.2, 0.25) is 18.1 Å². The van der Waals surface area contributed by atoms with Crippen molar-refractivity contribution in [3.05, 3.63) is 88.0 Å². The Balaban J connectivity index is 0.000000220. The maximum absolute atomic E-state index is 6.29. The molecule has 31 heavy (non-hydrogen) atoms. The summed E-state index contributed by atoms with van der Waals surface area (Å²) in [6, 6.07) is 18.9.